The van der Waals surface area contributed by atoms with Gasteiger partial charge < -0.3 is 5.11 Å². The van der Waals surface area contributed by atoms with Gasteiger partial charge in [-0.05, 0) is 12.1 Å². The van der Waals surface area contributed by atoms with Crippen LogP contribution in [0.5, 0.6) is 0 Å². The minimum absolute atomic E-state index is 0.0702. The van der Waals surface area contributed by atoms with Crippen molar-refractivity contribution in [1.82, 2.24) is 0 Å². The van der Waals surface area contributed by atoms with Crippen molar-refractivity contribution >= 4 is 17.4 Å². The molecule has 0 aliphatic heterocycles. The third-order valence-electron chi connectivity index (χ3n) is 1.47. The lowest BCUT2D eigenvalue weighted by molar-refractivity contribution is -0.387. The van der Waals surface area contributed by atoms with Crippen molar-refractivity contribution in [3.05, 3.63) is 34.1 Å². The monoisotopic (exact) mass is 217 g/mol. The predicted octanol–water partition coefficient (Wildman–Crippen LogP) is 1.82. The van der Waals surface area contributed by atoms with Crippen LogP contribution in [0.2, 0.25) is 0 Å². The van der Waals surface area contributed by atoms with Crippen LogP contribution >= 0.6 is 11.8 Å². The van der Waals surface area contributed by atoms with Crippen molar-refractivity contribution in [2.75, 3.05) is 12.4 Å². The van der Waals surface area contributed by atoms with Crippen LogP contribution in [0.3, 0.4) is 0 Å². The molecule has 0 bridgehead atoms. The molecule has 0 aliphatic rings. The normalized spacial score (nSPS) is 10.1. The topological polar surface area (TPSA) is 63.4 Å². The van der Waals surface area contributed by atoms with E-state index in [1.54, 1.807) is 0 Å². The second-order valence-electron chi connectivity index (χ2n) is 2.44. The highest BCUT2D eigenvalue weighted by Gasteiger charge is 2.14. The molecule has 14 heavy (non-hydrogen) atoms. The highest BCUT2D eigenvalue weighted by atomic mass is 32.2. The molecule has 0 heterocycles. The summed E-state index contributed by atoms with van der Waals surface area (Å²) in [7, 11) is 0. The Bertz CT molecular complexity index is 345. The Labute approximate surface area is 83.9 Å². The number of thioether (sulfide) groups is 1. The summed E-state index contributed by atoms with van der Waals surface area (Å²) >= 11 is 1.13. The summed E-state index contributed by atoms with van der Waals surface area (Å²) in [6.45, 7) is -0.0702. The molecule has 4 nitrogen and oxygen atoms in total. The van der Waals surface area contributed by atoms with E-state index in [1.165, 1.54) is 6.07 Å². The van der Waals surface area contributed by atoms with Crippen molar-refractivity contribution in [3.63, 3.8) is 0 Å². The van der Waals surface area contributed by atoms with Gasteiger partial charge in [0.15, 0.2) is 0 Å². The van der Waals surface area contributed by atoms with E-state index in [4.69, 9.17) is 5.11 Å². The summed E-state index contributed by atoms with van der Waals surface area (Å²) in [6.07, 6.45) is 0. The predicted molar refractivity (Wildman–Crippen MR) is 50.9 cm³/mol. The minimum atomic E-state index is -0.636. The van der Waals surface area contributed by atoms with Crippen LogP contribution in [0, 0.1) is 15.9 Å². The van der Waals surface area contributed by atoms with Crippen LogP contribution in [0.4, 0.5) is 10.1 Å². The number of rotatable bonds is 4. The number of halogens is 1. The van der Waals surface area contributed by atoms with Gasteiger partial charge >= 0.3 is 0 Å². The van der Waals surface area contributed by atoms with Gasteiger partial charge in [0.2, 0.25) is 0 Å². The molecule has 0 unspecified atom stereocenters. The molecule has 0 radical (unpaired) electrons. The lowest BCUT2D eigenvalue weighted by atomic mass is 10.3. The van der Waals surface area contributed by atoms with Crippen molar-refractivity contribution in [3.8, 4) is 0 Å². The molecule has 1 aromatic carbocycles. The standard InChI is InChI=1S/C8H8FNO3S/c9-6-1-2-8(14-4-3-11)7(5-6)10(12)13/h1-2,5,11H,3-4H2. The van der Waals surface area contributed by atoms with E-state index < -0.39 is 10.7 Å². The first kappa shape index (κ1) is 10.9. The Hall–Kier alpha value is -1.14. The number of benzene rings is 1. The maximum atomic E-state index is 12.7. The molecular weight excluding hydrogens is 209 g/mol. The maximum Gasteiger partial charge on any atom is 0.285 e. The number of nitro benzene ring substituents is 1. The number of nitrogens with zero attached hydrogens (tertiary/aromatic N) is 1. The Morgan fingerprint density at radius 3 is 2.86 bits per heavy atom. The van der Waals surface area contributed by atoms with E-state index in [0.717, 1.165) is 23.9 Å². The van der Waals surface area contributed by atoms with Gasteiger partial charge in [0, 0.05) is 5.75 Å². The van der Waals surface area contributed by atoms with Crippen molar-refractivity contribution in [2.45, 2.75) is 4.90 Å². The summed E-state index contributed by atoms with van der Waals surface area (Å²) < 4.78 is 12.7. The van der Waals surface area contributed by atoms with Gasteiger partial charge in [-0.1, -0.05) is 0 Å². The molecule has 6 heteroatoms. The van der Waals surface area contributed by atoms with Crippen LogP contribution in [0.25, 0.3) is 0 Å². The van der Waals surface area contributed by atoms with Gasteiger partial charge in [-0.3, -0.25) is 10.1 Å². The summed E-state index contributed by atoms with van der Waals surface area (Å²) in [6, 6.07) is 3.38. The summed E-state index contributed by atoms with van der Waals surface area (Å²) in [4.78, 5) is 10.2. The summed E-state index contributed by atoms with van der Waals surface area (Å²) in [5.41, 5.74) is -0.261. The van der Waals surface area contributed by atoms with Crippen LogP contribution in [-0.2, 0) is 0 Å². The van der Waals surface area contributed by atoms with Gasteiger partial charge in [-0.25, -0.2) is 4.39 Å². The number of hydrogen-bond donors (Lipinski definition) is 1. The van der Waals surface area contributed by atoms with Gasteiger partial charge in [0.25, 0.3) is 5.69 Å². The first-order chi connectivity index (χ1) is 6.65. The van der Waals surface area contributed by atoms with Crippen LogP contribution in [-0.4, -0.2) is 22.4 Å². The third-order valence-corrected chi connectivity index (χ3v) is 2.51. The molecule has 0 aromatic heterocycles. The molecule has 1 aromatic rings. The van der Waals surface area contributed by atoms with Crippen molar-refractivity contribution in [2.24, 2.45) is 0 Å². The first-order valence-corrected chi connectivity index (χ1v) is 4.81. The molecule has 0 saturated carbocycles. The number of aliphatic hydroxyl groups excluding tert-OH is 1. The van der Waals surface area contributed by atoms with E-state index in [2.05, 4.69) is 0 Å². The van der Waals surface area contributed by atoms with Gasteiger partial charge in [0.1, 0.15) is 5.82 Å². The Morgan fingerprint density at radius 2 is 2.29 bits per heavy atom. The average molecular weight is 217 g/mol. The average Bonchev–Trinajstić information content (AvgIpc) is 2.15. The largest absolute Gasteiger partial charge is 0.396 e. The number of aliphatic hydroxyl groups is 1. The quantitative estimate of drug-likeness (QED) is 0.474. The number of hydrogen-bond acceptors (Lipinski definition) is 4. The third kappa shape index (κ3) is 2.68. The van der Waals surface area contributed by atoms with Gasteiger partial charge in [-0.2, -0.15) is 0 Å². The zero-order valence-electron chi connectivity index (χ0n) is 7.14. The zero-order valence-corrected chi connectivity index (χ0v) is 7.96. The van der Waals surface area contributed by atoms with E-state index in [0.29, 0.717) is 10.6 Å². The molecule has 0 aliphatic carbocycles. The molecule has 0 spiro atoms. The van der Waals surface area contributed by atoms with Crippen molar-refractivity contribution < 1.29 is 14.4 Å². The second-order valence-corrected chi connectivity index (χ2v) is 3.58. The smallest absolute Gasteiger partial charge is 0.285 e. The Balaban J connectivity index is 2.96. The fourth-order valence-electron chi connectivity index (χ4n) is 0.911. The molecule has 1 rings (SSSR count). The molecule has 1 N–H and O–H groups in total. The minimum Gasteiger partial charge on any atom is -0.396 e. The van der Waals surface area contributed by atoms with Crippen LogP contribution in [0.1, 0.15) is 0 Å². The summed E-state index contributed by atoms with van der Waals surface area (Å²) in [5, 5.41) is 19.0. The highest BCUT2D eigenvalue weighted by Crippen LogP contribution is 2.29. The fraction of sp³-hybridized carbons (Fsp3) is 0.250. The molecular formula is C8H8FNO3S. The molecule has 0 fully saturated rings. The highest BCUT2D eigenvalue weighted by molar-refractivity contribution is 7.99. The molecule has 0 atom stereocenters. The van der Waals surface area contributed by atoms with E-state index >= 15 is 0 Å². The lowest BCUT2D eigenvalue weighted by Gasteiger charge is -2.00. The molecule has 76 valence electrons. The SMILES string of the molecule is O=[N+]([O-])c1cc(F)ccc1SCCO. The second kappa shape index (κ2) is 4.92. The lowest BCUT2D eigenvalue weighted by Crippen LogP contribution is -1.93. The van der Waals surface area contributed by atoms with E-state index in [-0.39, 0.29) is 12.3 Å². The first-order valence-electron chi connectivity index (χ1n) is 3.82. The van der Waals surface area contributed by atoms with E-state index in [1.807, 2.05) is 0 Å². The maximum absolute atomic E-state index is 12.7. The molecule has 0 amide bonds. The van der Waals surface area contributed by atoms with Crippen LogP contribution in [0.15, 0.2) is 23.1 Å². The zero-order chi connectivity index (χ0) is 10.6. The van der Waals surface area contributed by atoms with Gasteiger partial charge in [-0.15, -0.1) is 11.8 Å². The van der Waals surface area contributed by atoms with Gasteiger partial charge in [0.05, 0.1) is 22.5 Å². The molecule has 0 saturated heterocycles. The van der Waals surface area contributed by atoms with Crippen LogP contribution < -0.4 is 0 Å². The number of nitro groups is 1. The summed E-state index contributed by atoms with van der Waals surface area (Å²) in [5.74, 6) is -0.281. The Kier molecular flexibility index (Phi) is 3.84. The van der Waals surface area contributed by atoms with Crippen molar-refractivity contribution in [1.29, 1.82) is 0 Å². The van der Waals surface area contributed by atoms with E-state index in [9.17, 15) is 14.5 Å². The Morgan fingerprint density at radius 1 is 1.57 bits per heavy atom. The fourth-order valence-corrected chi connectivity index (χ4v) is 1.67.